The average molecular weight is 288 g/mol. The average Bonchev–Trinajstić information content (AvgIpc) is 2.93. The molecule has 0 atom stereocenters. The summed E-state index contributed by atoms with van der Waals surface area (Å²) in [5, 5.41) is 3.95. The molecule has 0 saturated carbocycles. The van der Waals surface area contributed by atoms with Crippen molar-refractivity contribution in [3.05, 3.63) is 30.0 Å². The van der Waals surface area contributed by atoms with Crippen molar-refractivity contribution in [1.29, 1.82) is 0 Å². The van der Waals surface area contributed by atoms with Crippen LogP contribution in [0.15, 0.2) is 24.3 Å². The van der Waals surface area contributed by atoms with Crippen molar-refractivity contribution in [3.8, 4) is 5.75 Å². The molecule has 1 amide bonds. The smallest absolute Gasteiger partial charge is 0.267 e. The van der Waals surface area contributed by atoms with Crippen molar-refractivity contribution >= 4 is 16.8 Å². The number of rotatable bonds is 8. The van der Waals surface area contributed by atoms with Crippen LogP contribution in [0.3, 0.4) is 0 Å². The Kier molecular flexibility index (Phi) is 5.67. The predicted molar refractivity (Wildman–Crippen MR) is 85.9 cm³/mol. The van der Waals surface area contributed by atoms with Crippen LogP contribution in [0.4, 0.5) is 0 Å². The van der Waals surface area contributed by atoms with Crippen LogP contribution in [0.25, 0.3) is 10.9 Å². The quantitative estimate of drug-likeness (QED) is 0.724. The van der Waals surface area contributed by atoms with E-state index in [9.17, 15) is 4.79 Å². The lowest BCUT2D eigenvalue weighted by Crippen LogP contribution is -2.24. The van der Waals surface area contributed by atoms with Crippen LogP contribution in [0, 0.1) is 0 Å². The Morgan fingerprint density at radius 3 is 2.76 bits per heavy atom. The van der Waals surface area contributed by atoms with Crippen LogP contribution in [0.1, 0.15) is 49.5 Å². The first kappa shape index (κ1) is 15.4. The predicted octanol–water partition coefficient (Wildman–Crippen LogP) is 3.88. The van der Waals surface area contributed by atoms with Crippen molar-refractivity contribution in [2.45, 2.75) is 39.0 Å². The van der Waals surface area contributed by atoms with E-state index in [1.54, 1.807) is 7.11 Å². The molecule has 0 bridgehead atoms. The molecule has 1 aromatic heterocycles. The van der Waals surface area contributed by atoms with E-state index >= 15 is 0 Å². The number of hydrogen-bond acceptors (Lipinski definition) is 2. The number of carbonyl (C=O) groups excluding carboxylic acids is 1. The van der Waals surface area contributed by atoms with E-state index in [0.717, 1.165) is 29.6 Å². The largest absolute Gasteiger partial charge is 0.497 e. The molecular weight excluding hydrogens is 264 g/mol. The van der Waals surface area contributed by atoms with Gasteiger partial charge in [-0.05, 0) is 30.7 Å². The first-order chi connectivity index (χ1) is 10.2. The van der Waals surface area contributed by atoms with E-state index in [2.05, 4.69) is 17.2 Å². The van der Waals surface area contributed by atoms with E-state index < -0.39 is 0 Å². The fourth-order valence-corrected chi connectivity index (χ4v) is 2.39. The van der Waals surface area contributed by atoms with E-state index in [4.69, 9.17) is 4.74 Å². The Labute approximate surface area is 125 Å². The molecule has 0 fully saturated rings. The zero-order chi connectivity index (χ0) is 15.1. The lowest BCUT2D eigenvalue weighted by molar-refractivity contribution is 0.0949. The van der Waals surface area contributed by atoms with Gasteiger partial charge in [-0.1, -0.05) is 32.6 Å². The number of carbonyl (C=O) groups is 1. The number of nitrogens with one attached hydrogen (secondary N) is 2. The molecule has 4 nitrogen and oxygen atoms in total. The molecule has 0 saturated heterocycles. The number of fused-ring (bicyclic) bond motifs is 1. The zero-order valence-corrected chi connectivity index (χ0v) is 12.9. The van der Waals surface area contributed by atoms with Crippen LogP contribution >= 0.6 is 0 Å². The summed E-state index contributed by atoms with van der Waals surface area (Å²) in [5.41, 5.74) is 1.55. The molecule has 0 aliphatic rings. The van der Waals surface area contributed by atoms with Crippen LogP contribution < -0.4 is 10.1 Å². The summed E-state index contributed by atoms with van der Waals surface area (Å²) in [7, 11) is 1.64. The number of benzene rings is 1. The highest BCUT2D eigenvalue weighted by Gasteiger charge is 2.09. The summed E-state index contributed by atoms with van der Waals surface area (Å²) < 4.78 is 5.19. The number of aromatic amines is 1. The number of H-pyrrole nitrogens is 1. The molecule has 1 heterocycles. The number of ether oxygens (including phenoxy) is 1. The molecule has 2 aromatic rings. The first-order valence-electron chi connectivity index (χ1n) is 7.69. The summed E-state index contributed by atoms with van der Waals surface area (Å²) in [6.45, 7) is 2.94. The second-order valence-corrected chi connectivity index (χ2v) is 5.31. The van der Waals surface area contributed by atoms with Gasteiger partial charge in [0.2, 0.25) is 0 Å². The number of unbranched alkanes of at least 4 members (excludes halogenated alkanes) is 4. The third-order valence-corrected chi connectivity index (χ3v) is 3.64. The molecule has 4 heteroatoms. The fourth-order valence-electron chi connectivity index (χ4n) is 2.39. The minimum Gasteiger partial charge on any atom is -0.497 e. The number of methoxy groups -OCH3 is 1. The Bertz CT molecular complexity index is 589. The van der Waals surface area contributed by atoms with Gasteiger partial charge in [0.25, 0.3) is 5.91 Å². The number of amides is 1. The lowest BCUT2D eigenvalue weighted by atomic mass is 10.1. The minimum atomic E-state index is -0.0411. The van der Waals surface area contributed by atoms with Crippen LogP contribution in [0.5, 0.6) is 5.75 Å². The highest BCUT2D eigenvalue weighted by atomic mass is 16.5. The van der Waals surface area contributed by atoms with Gasteiger partial charge in [0.15, 0.2) is 0 Å². The first-order valence-corrected chi connectivity index (χ1v) is 7.69. The van der Waals surface area contributed by atoms with Crippen molar-refractivity contribution in [2.24, 2.45) is 0 Å². The van der Waals surface area contributed by atoms with Gasteiger partial charge in [-0.15, -0.1) is 0 Å². The molecule has 0 aliphatic heterocycles. The Hall–Kier alpha value is -1.97. The molecule has 1 aromatic carbocycles. The zero-order valence-electron chi connectivity index (χ0n) is 12.9. The molecule has 0 aliphatic carbocycles. The van der Waals surface area contributed by atoms with Gasteiger partial charge in [0.1, 0.15) is 11.4 Å². The highest BCUT2D eigenvalue weighted by molar-refractivity contribution is 5.98. The molecule has 0 unspecified atom stereocenters. The molecule has 114 valence electrons. The Morgan fingerprint density at radius 2 is 2.00 bits per heavy atom. The summed E-state index contributed by atoms with van der Waals surface area (Å²) in [5.74, 6) is 0.755. The van der Waals surface area contributed by atoms with E-state index in [1.807, 2.05) is 24.3 Å². The normalized spacial score (nSPS) is 10.8. The van der Waals surface area contributed by atoms with Crippen molar-refractivity contribution in [1.82, 2.24) is 10.3 Å². The van der Waals surface area contributed by atoms with E-state index in [0.29, 0.717) is 5.69 Å². The van der Waals surface area contributed by atoms with Crippen molar-refractivity contribution in [3.63, 3.8) is 0 Å². The molecule has 2 N–H and O–H groups in total. The maximum absolute atomic E-state index is 12.1. The topological polar surface area (TPSA) is 54.1 Å². The standard InChI is InChI=1S/C17H24N2O2/c1-3-4-5-6-7-10-18-17(20)16-12-13-11-14(21-2)8-9-15(13)19-16/h8-9,11-12,19H,3-7,10H2,1-2H3,(H,18,20). The summed E-state index contributed by atoms with van der Waals surface area (Å²) >= 11 is 0. The lowest BCUT2D eigenvalue weighted by Gasteiger charge is -2.03. The summed E-state index contributed by atoms with van der Waals surface area (Å²) in [6, 6.07) is 7.60. The Balaban J connectivity index is 1.87. The highest BCUT2D eigenvalue weighted by Crippen LogP contribution is 2.21. The van der Waals surface area contributed by atoms with Crippen LogP contribution in [0.2, 0.25) is 0 Å². The third kappa shape index (κ3) is 4.25. The second kappa shape index (κ2) is 7.72. The van der Waals surface area contributed by atoms with Crippen molar-refractivity contribution in [2.75, 3.05) is 13.7 Å². The van der Waals surface area contributed by atoms with Gasteiger partial charge in [-0.2, -0.15) is 0 Å². The molecule has 2 rings (SSSR count). The minimum absolute atomic E-state index is 0.0411. The monoisotopic (exact) mass is 288 g/mol. The van der Waals surface area contributed by atoms with E-state index in [-0.39, 0.29) is 5.91 Å². The Morgan fingerprint density at radius 1 is 1.19 bits per heavy atom. The van der Waals surface area contributed by atoms with Gasteiger partial charge >= 0.3 is 0 Å². The molecule has 0 radical (unpaired) electrons. The third-order valence-electron chi connectivity index (χ3n) is 3.64. The van der Waals surface area contributed by atoms with E-state index in [1.165, 1.54) is 25.7 Å². The van der Waals surface area contributed by atoms with Gasteiger partial charge in [-0.3, -0.25) is 4.79 Å². The van der Waals surface area contributed by atoms with Crippen molar-refractivity contribution < 1.29 is 9.53 Å². The fraction of sp³-hybridized carbons (Fsp3) is 0.471. The van der Waals surface area contributed by atoms with Gasteiger partial charge in [0, 0.05) is 17.4 Å². The van der Waals surface area contributed by atoms with Gasteiger partial charge < -0.3 is 15.0 Å². The SMILES string of the molecule is CCCCCCCNC(=O)c1cc2cc(OC)ccc2[nH]1. The number of aromatic nitrogens is 1. The van der Waals surface area contributed by atoms with Gasteiger partial charge in [0.05, 0.1) is 7.11 Å². The molecule has 0 spiro atoms. The summed E-state index contributed by atoms with van der Waals surface area (Å²) in [4.78, 5) is 15.2. The van der Waals surface area contributed by atoms with Gasteiger partial charge in [-0.25, -0.2) is 0 Å². The van der Waals surface area contributed by atoms with Crippen LogP contribution in [-0.4, -0.2) is 24.5 Å². The molecule has 21 heavy (non-hydrogen) atoms. The number of hydrogen-bond donors (Lipinski definition) is 2. The summed E-state index contributed by atoms with van der Waals surface area (Å²) in [6.07, 6.45) is 5.99. The maximum Gasteiger partial charge on any atom is 0.267 e. The second-order valence-electron chi connectivity index (χ2n) is 5.31. The maximum atomic E-state index is 12.1. The van der Waals surface area contributed by atoms with Crippen LogP contribution in [-0.2, 0) is 0 Å². The molecular formula is C17H24N2O2.